The average molecular weight is 229 g/mol. The number of rotatable bonds is 6. The molecule has 16 heavy (non-hydrogen) atoms. The van der Waals surface area contributed by atoms with E-state index in [4.69, 9.17) is 5.11 Å². The van der Waals surface area contributed by atoms with Crippen LogP contribution in [-0.4, -0.2) is 48.1 Å². The molecular weight excluding hydrogens is 214 g/mol. The minimum Gasteiger partial charge on any atom is -0.480 e. The maximum atomic E-state index is 11.5. The first-order chi connectivity index (χ1) is 7.38. The lowest BCUT2D eigenvalue weighted by atomic mass is 10.2. The number of ether oxygens (including phenoxy) is 1. The van der Waals surface area contributed by atoms with Crippen molar-refractivity contribution in [3.63, 3.8) is 0 Å². The summed E-state index contributed by atoms with van der Waals surface area (Å²) in [6.07, 6.45) is -0.0389. The molecule has 6 nitrogen and oxygen atoms in total. The number of carbonyl (C=O) groups excluding carboxylic acids is 2. The van der Waals surface area contributed by atoms with Gasteiger partial charge in [-0.25, -0.2) is 0 Å². The Hall–Kier alpha value is -1.85. The van der Waals surface area contributed by atoms with Crippen molar-refractivity contribution in [1.82, 2.24) is 4.90 Å². The lowest BCUT2D eigenvalue weighted by Gasteiger charge is -2.19. The van der Waals surface area contributed by atoms with E-state index in [2.05, 4.69) is 11.3 Å². The molecule has 0 saturated carbocycles. The van der Waals surface area contributed by atoms with Crippen molar-refractivity contribution in [3.05, 3.63) is 12.2 Å². The largest absolute Gasteiger partial charge is 0.480 e. The molecule has 0 aliphatic rings. The molecule has 0 atom stereocenters. The number of esters is 1. The molecule has 0 aliphatic carbocycles. The van der Waals surface area contributed by atoms with Crippen LogP contribution in [0.3, 0.4) is 0 Å². The van der Waals surface area contributed by atoms with Crippen LogP contribution in [0.2, 0.25) is 0 Å². The molecule has 6 heteroatoms. The highest BCUT2D eigenvalue weighted by Gasteiger charge is 2.18. The standard InChI is InChI=1S/C10H15NO5/c1-7(2)10(15)11(6-8(12)13)5-4-9(14)16-3/h1,4-6H2,2-3H3,(H,12,13). The van der Waals surface area contributed by atoms with Crippen LogP contribution in [0.1, 0.15) is 13.3 Å². The van der Waals surface area contributed by atoms with Gasteiger partial charge in [0.2, 0.25) is 5.91 Å². The molecule has 0 bridgehead atoms. The van der Waals surface area contributed by atoms with E-state index in [1.54, 1.807) is 0 Å². The van der Waals surface area contributed by atoms with Crippen LogP contribution in [0.4, 0.5) is 0 Å². The molecule has 0 aromatic carbocycles. The first kappa shape index (κ1) is 14.2. The molecule has 1 N–H and O–H groups in total. The Morgan fingerprint density at radius 3 is 2.31 bits per heavy atom. The zero-order valence-corrected chi connectivity index (χ0v) is 9.36. The third-order valence-corrected chi connectivity index (χ3v) is 1.79. The van der Waals surface area contributed by atoms with Crippen LogP contribution in [-0.2, 0) is 19.1 Å². The van der Waals surface area contributed by atoms with Crippen molar-refractivity contribution in [2.75, 3.05) is 20.2 Å². The third kappa shape index (κ3) is 5.14. The van der Waals surface area contributed by atoms with Crippen molar-refractivity contribution in [2.24, 2.45) is 0 Å². The van der Waals surface area contributed by atoms with E-state index < -0.39 is 24.4 Å². The second-order valence-electron chi connectivity index (χ2n) is 3.23. The Morgan fingerprint density at radius 2 is 1.94 bits per heavy atom. The minimum atomic E-state index is -1.14. The van der Waals surface area contributed by atoms with Gasteiger partial charge in [-0.1, -0.05) is 6.58 Å². The Labute approximate surface area is 93.5 Å². The minimum absolute atomic E-state index is 0.00463. The number of hydrogen-bond donors (Lipinski definition) is 1. The van der Waals surface area contributed by atoms with Crippen molar-refractivity contribution in [2.45, 2.75) is 13.3 Å². The zero-order chi connectivity index (χ0) is 12.7. The van der Waals surface area contributed by atoms with Crippen LogP contribution >= 0.6 is 0 Å². The average Bonchev–Trinajstić information content (AvgIpc) is 2.21. The molecule has 0 spiro atoms. The number of amides is 1. The summed E-state index contributed by atoms with van der Waals surface area (Å²) in [5.74, 6) is -2.12. The fourth-order valence-corrected chi connectivity index (χ4v) is 1.01. The Bertz CT molecular complexity index is 310. The van der Waals surface area contributed by atoms with Gasteiger partial charge in [-0.05, 0) is 6.92 Å². The number of aliphatic carboxylic acids is 1. The molecule has 0 aromatic heterocycles. The number of carboxylic acid groups (broad SMARTS) is 1. The number of hydrogen-bond acceptors (Lipinski definition) is 4. The van der Waals surface area contributed by atoms with Gasteiger partial charge in [0.15, 0.2) is 0 Å². The number of methoxy groups -OCH3 is 1. The van der Waals surface area contributed by atoms with Crippen molar-refractivity contribution in [3.8, 4) is 0 Å². The lowest BCUT2D eigenvalue weighted by molar-refractivity contribution is -0.145. The molecule has 0 fully saturated rings. The van der Waals surface area contributed by atoms with Crippen molar-refractivity contribution in [1.29, 1.82) is 0 Å². The van der Waals surface area contributed by atoms with Gasteiger partial charge in [0.25, 0.3) is 0 Å². The predicted octanol–water partition coefficient (Wildman–Crippen LogP) is 0.0388. The van der Waals surface area contributed by atoms with Crippen LogP contribution < -0.4 is 0 Å². The van der Waals surface area contributed by atoms with Crippen LogP contribution in [0.15, 0.2) is 12.2 Å². The summed E-state index contributed by atoms with van der Waals surface area (Å²) in [4.78, 5) is 33.9. The summed E-state index contributed by atoms with van der Waals surface area (Å²) in [6.45, 7) is 4.46. The smallest absolute Gasteiger partial charge is 0.323 e. The van der Waals surface area contributed by atoms with Gasteiger partial charge in [0.05, 0.1) is 13.5 Å². The van der Waals surface area contributed by atoms with Gasteiger partial charge in [0.1, 0.15) is 6.54 Å². The van der Waals surface area contributed by atoms with Gasteiger partial charge < -0.3 is 14.7 Å². The van der Waals surface area contributed by atoms with E-state index in [1.165, 1.54) is 14.0 Å². The summed E-state index contributed by atoms with van der Waals surface area (Å²) in [5.41, 5.74) is 0.228. The maximum absolute atomic E-state index is 11.5. The van der Waals surface area contributed by atoms with E-state index in [9.17, 15) is 14.4 Å². The molecule has 1 amide bonds. The van der Waals surface area contributed by atoms with Gasteiger partial charge >= 0.3 is 11.9 Å². The molecule has 0 aromatic rings. The summed E-state index contributed by atoms with van der Waals surface area (Å²) in [6, 6.07) is 0. The third-order valence-electron chi connectivity index (χ3n) is 1.79. The van der Waals surface area contributed by atoms with Crippen molar-refractivity contribution < 1.29 is 24.2 Å². The maximum Gasteiger partial charge on any atom is 0.323 e. The van der Waals surface area contributed by atoms with E-state index in [0.717, 1.165) is 4.90 Å². The quantitative estimate of drug-likeness (QED) is 0.513. The van der Waals surface area contributed by atoms with Gasteiger partial charge in [-0.2, -0.15) is 0 Å². The second kappa shape index (κ2) is 6.60. The highest BCUT2D eigenvalue weighted by atomic mass is 16.5. The summed E-state index contributed by atoms with van der Waals surface area (Å²) in [7, 11) is 1.23. The Balaban J connectivity index is 4.43. The highest BCUT2D eigenvalue weighted by Crippen LogP contribution is 2.01. The Kier molecular flexibility index (Phi) is 5.84. The summed E-state index contributed by atoms with van der Waals surface area (Å²) in [5, 5.41) is 8.60. The van der Waals surface area contributed by atoms with E-state index in [1.807, 2.05) is 0 Å². The molecular formula is C10H15NO5. The monoisotopic (exact) mass is 229 g/mol. The fraction of sp³-hybridized carbons (Fsp3) is 0.500. The van der Waals surface area contributed by atoms with Gasteiger partial charge in [-0.15, -0.1) is 0 Å². The van der Waals surface area contributed by atoms with E-state index in [0.29, 0.717) is 0 Å². The van der Waals surface area contributed by atoms with Crippen LogP contribution in [0.5, 0.6) is 0 Å². The first-order valence-electron chi connectivity index (χ1n) is 4.62. The molecule has 0 radical (unpaired) electrons. The van der Waals surface area contributed by atoms with E-state index >= 15 is 0 Å². The van der Waals surface area contributed by atoms with Crippen molar-refractivity contribution >= 4 is 17.8 Å². The topological polar surface area (TPSA) is 83.9 Å². The molecule has 90 valence electrons. The Morgan fingerprint density at radius 1 is 1.38 bits per heavy atom. The summed E-state index contributed by atoms with van der Waals surface area (Å²) >= 11 is 0. The zero-order valence-electron chi connectivity index (χ0n) is 9.36. The first-order valence-corrected chi connectivity index (χ1v) is 4.62. The summed E-state index contributed by atoms with van der Waals surface area (Å²) < 4.78 is 4.40. The fourth-order valence-electron chi connectivity index (χ4n) is 1.01. The van der Waals surface area contributed by atoms with Gasteiger partial charge in [-0.3, -0.25) is 14.4 Å². The van der Waals surface area contributed by atoms with Crippen LogP contribution in [0, 0.1) is 0 Å². The normalized spacial score (nSPS) is 9.38. The molecule has 0 aliphatic heterocycles. The van der Waals surface area contributed by atoms with Gasteiger partial charge in [0, 0.05) is 12.1 Å². The molecule has 0 heterocycles. The number of carboxylic acids is 1. The number of nitrogens with zero attached hydrogens (tertiary/aromatic N) is 1. The number of carbonyl (C=O) groups is 3. The SMILES string of the molecule is C=C(C)C(=O)N(CCC(=O)OC)CC(=O)O. The molecule has 0 rings (SSSR count). The highest BCUT2D eigenvalue weighted by molar-refractivity contribution is 5.94. The predicted molar refractivity (Wildman–Crippen MR) is 55.7 cm³/mol. The lowest BCUT2D eigenvalue weighted by Crippen LogP contribution is -2.37. The molecule has 0 unspecified atom stereocenters. The molecule has 0 saturated heterocycles. The van der Waals surface area contributed by atoms with Crippen LogP contribution in [0.25, 0.3) is 0 Å². The van der Waals surface area contributed by atoms with E-state index in [-0.39, 0.29) is 18.5 Å². The second-order valence-corrected chi connectivity index (χ2v) is 3.23.